The molecule has 0 amide bonds. The maximum atomic E-state index is 4.43. The van der Waals surface area contributed by atoms with Crippen molar-refractivity contribution in [2.24, 2.45) is 4.99 Å². The average Bonchev–Trinajstić information content (AvgIpc) is 2.66. The molecule has 0 atom stereocenters. The summed E-state index contributed by atoms with van der Waals surface area (Å²) in [6, 6.07) is 10.0. The molecule has 1 heterocycles. The van der Waals surface area contributed by atoms with E-state index in [9.17, 15) is 0 Å². The van der Waals surface area contributed by atoms with Crippen LogP contribution in [0.5, 0.6) is 0 Å². The first-order valence-corrected chi connectivity index (χ1v) is 6.96. The molecule has 2 nitrogen and oxygen atoms in total. The first-order chi connectivity index (χ1) is 8.72. The second-order valence-corrected chi connectivity index (χ2v) is 5.34. The zero-order chi connectivity index (χ0) is 13.0. The van der Waals surface area contributed by atoms with Crippen molar-refractivity contribution in [1.29, 1.82) is 0 Å². The number of hydrogen-bond acceptors (Lipinski definition) is 3. The molecule has 1 aromatic rings. The fourth-order valence-corrected chi connectivity index (χ4v) is 2.94. The monoisotopic (exact) mass is 258 g/mol. The second-order valence-electron chi connectivity index (χ2n) is 4.11. The van der Waals surface area contributed by atoms with Crippen LogP contribution in [-0.2, 0) is 0 Å². The Morgan fingerprint density at radius 2 is 1.94 bits per heavy atom. The third-order valence-corrected chi connectivity index (χ3v) is 4.12. The number of para-hydroxylation sites is 1. The van der Waals surface area contributed by atoms with E-state index in [4.69, 9.17) is 0 Å². The highest BCUT2D eigenvalue weighted by Crippen LogP contribution is 2.39. The summed E-state index contributed by atoms with van der Waals surface area (Å²) in [7, 11) is 0. The second kappa shape index (κ2) is 5.91. The van der Waals surface area contributed by atoms with E-state index in [1.807, 2.05) is 48.3 Å². The molecule has 1 aliphatic heterocycles. The quantitative estimate of drug-likeness (QED) is 0.739. The van der Waals surface area contributed by atoms with Crippen LogP contribution in [0.3, 0.4) is 0 Å². The molecule has 0 bridgehead atoms. The van der Waals surface area contributed by atoms with Crippen LogP contribution in [0.2, 0.25) is 0 Å². The van der Waals surface area contributed by atoms with Gasteiger partial charge in [0.05, 0.1) is 10.7 Å². The van der Waals surface area contributed by atoms with Crippen molar-refractivity contribution in [2.45, 2.75) is 20.8 Å². The highest BCUT2D eigenvalue weighted by atomic mass is 32.2. The van der Waals surface area contributed by atoms with E-state index < -0.39 is 0 Å². The predicted molar refractivity (Wildman–Crippen MR) is 81.0 cm³/mol. The minimum absolute atomic E-state index is 0.988. The topological polar surface area (TPSA) is 15.6 Å². The molecule has 0 saturated heterocycles. The summed E-state index contributed by atoms with van der Waals surface area (Å²) in [6.45, 7) is 7.50. The molecule has 0 aromatic heterocycles. The van der Waals surface area contributed by atoms with Gasteiger partial charge in [-0.2, -0.15) is 0 Å². The van der Waals surface area contributed by atoms with Crippen molar-refractivity contribution < 1.29 is 0 Å². The zero-order valence-electron chi connectivity index (χ0n) is 11.1. The first-order valence-electron chi connectivity index (χ1n) is 6.14. The number of benzene rings is 1. The van der Waals surface area contributed by atoms with Gasteiger partial charge in [-0.25, -0.2) is 0 Å². The van der Waals surface area contributed by atoms with E-state index in [-0.39, 0.29) is 0 Å². The highest BCUT2D eigenvalue weighted by molar-refractivity contribution is 8.06. The van der Waals surface area contributed by atoms with Gasteiger partial charge in [0.25, 0.3) is 0 Å². The van der Waals surface area contributed by atoms with Gasteiger partial charge in [-0.05, 0) is 39.0 Å². The molecule has 3 heteroatoms. The van der Waals surface area contributed by atoms with E-state index in [0.29, 0.717) is 0 Å². The van der Waals surface area contributed by atoms with Crippen LogP contribution in [0.25, 0.3) is 0 Å². The maximum Gasteiger partial charge on any atom is 0.0810 e. The molecule has 0 fully saturated rings. The van der Waals surface area contributed by atoms with Crippen LogP contribution >= 0.6 is 11.8 Å². The molecule has 2 rings (SSSR count). The Morgan fingerprint density at radius 1 is 1.22 bits per heavy atom. The van der Waals surface area contributed by atoms with E-state index in [1.54, 1.807) is 0 Å². The van der Waals surface area contributed by atoms with Gasteiger partial charge in [0.2, 0.25) is 0 Å². The van der Waals surface area contributed by atoms with Crippen LogP contribution in [0, 0.1) is 0 Å². The van der Waals surface area contributed by atoms with E-state index in [0.717, 1.165) is 12.2 Å². The Bertz CT molecular complexity index is 500. The van der Waals surface area contributed by atoms with Crippen LogP contribution < -0.4 is 0 Å². The molecule has 1 aliphatic rings. The normalized spacial score (nSPS) is 18.4. The van der Waals surface area contributed by atoms with Gasteiger partial charge in [0.15, 0.2) is 0 Å². The Balaban J connectivity index is 2.10. The van der Waals surface area contributed by atoms with Crippen LogP contribution in [-0.4, -0.2) is 17.7 Å². The van der Waals surface area contributed by atoms with Gasteiger partial charge in [0.1, 0.15) is 0 Å². The highest BCUT2D eigenvalue weighted by Gasteiger charge is 2.20. The molecule has 0 spiro atoms. The summed E-state index contributed by atoms with van der Waals surface area (Å²) in [5.41, 5.74) is 2.34. The van der Waals surface area contributed by atoms with Crippen molar-refractivity contribution in [3.63, 3.8) is 0 Å². The smallest absolute Gasteiger partial charge is 0.0810 e. The number of rotatable bonds is 3. The maximum absolute atomic E-state index is 4.43. The minimum Gasteiger partial charge on any atom is -0.339 e. The standard InChI is InChI=1S/C15H18N2S/c1-4-17-12(2)13(3)18-15(17)10-11-16-14-8-6-5-7-9-14/h5-11H,4H2,1-3H3/b15-10+,16-11?. The van der Waals surface area contributed by atoms with Crippen molar-refractivity contribution in [2.75, 3.05) is 6.54 Å². The lowest BCUT2D eigenvalue weighted by Gasteiger charge is -2.18. The Morgan fingerprint density at radius 3 is 2.61 bits per heavy atom. The molecular formula is C15H18N2S. The summed E-state index contributed by atoms with van der Waals surface area (Å²) >= 11 is 1.82. The molecule has 0 unspecified atom stereocenters. The van der Waals surface area contributed by atoms with Gasteiger partial charge in [-0.15, -0.1) is 0 Å². The van der Waals surface area contributed by atoms with Crippen molar-refractivity contribution in [3.8, 4) is 0 Å². The average molecular weight is 258 g/mol. The Labute approximate surface area is 113 Å². The van der Waals surface area contributed by atoms with Gasteiger partial charge in [0, 0.05) is 23.4 Å². The lowest BCUT2D eigenvalue weighted by Crippen LogP contribution is -2.15. The number of nitrogens with zero attached hydrogens (tertiary/aromatic N) is 2. The number of thioether (sulfide) groups is 1. The number of hydrogen-bond donors (Lipinski definition) is 0. The molecule has 1 aromatic carbocycles. The molecule has 0 saturated carbocycles. The first kappa shape index (κ1) is 13.0. The molecule has 18 heavy (non-hydrogen) atoms. The summed E-state index contributed by atoms with van der Waals surface area (Å²) < 4.78 is 0. The predicted octanol–water partition coefficient (Wildman–Crippen LogP) is 4.55. The Kier molecular flexibility index (Phi) is 4.26. The third kappa shape index (κ3) is 2.85. The number of allylic oxidation sites excluding steroid dienone is 3. The van der Waals surface area contributed by atoms with Gasteiger partial charge < -0.3 is 4.90 Å². The molecule has 0 aliphatic carbocycles. The van der Waals surface area contributed by atoms with Crippen LogP contribution in [0.1, 0.15) is 20.8 Å². The van der Waals surface area contributed by atoms with Crippen molar-refractivity contribution in [1.82, 2.24) is 4.90 Å². The number of aliphatic imine (C=N–C) groups is 1. The lowest BCUT2D eigenvalue weighted by molar-refractivity contribution is 0.487. The van der Waals surface area contributed by atoms with Gasteiger partial charge >= 0.3 is 0 Å². The third-order valence-electron chi connectivity index (χ3n) is 2.95. The molecular weight excluding hydrogens is 240 g/mol. The van der Waals surface area contributed by atoms with Crippen molar-refractivity contribution >= 4 is 23.7 Å². The van der Waals surface area contributed by atoms with E-state index in [1.165, 1.54) is 15.6 Å². The fraction of sp³-hybridized carbons (Fsp3) is 0.267. The van der Waals surface area contributed by atoms with Gasteiger partial charge in [-0.1, -0.05) is 30.0 Å². The molecule has 0 radical (unpaired) electrons. The fourth-order valence-electron chi connectivity index (χ4n) is 1.86. The minimum atomic E-state index is 0.988. The van der Waals surface area contributed by atoms with E-state index >= 15 is 0 Å². The summed E-state index contributed by atoms with van der Waals surface area (Å²) in [4.78, 5) is 8.12. The summed E-state index contributed by atoms with van der Waals surface area (Å²) in [5.74, 6) is 0. The molecule has 0 N–H and O–H groups in total. The van der Waals surface area contributed by atoms with E-state index in [2.05, 4.69) is 36.7 Å². The Hall–Kier alpha value is -1.48. The van der Waals surface area contributed by atoms with Crippen LogP contribution in [0.15, 0.2) is 57.0 Å². The zero-order valence-corrected chi connectivity index (χ0v) is 11.9. The summed E-state index contributed by atoms with van der Waals surface area (Å²) in [5, 5.41) is 1.26. The SMILES string of the molecule is CCN1C(C)=C(C)S/C1=C/C=Nc1ccccc1. The lowest BCUT2D eigenvalue weighted by atomic mass is 10.3. The van der Waals surface area contributed by atoms with Crippen LogP contribution in [0.4, 0.5) is 5.69 Å². The van der Waals surface area contributed by atoms with Gasteiger partial charge in [-0.3, -0.25) is 4.99 Å². The largest absolute Gasteiger partial charge is 0.339 e. The molecule has 94 valence electrons. The van der Waals surface area contributed by atoms with Crippen molar-refractivity contribution in [3.05, 3.63) is 52.0 Å². The summed E-state index contributed by atoms with van der Waals surface area (Å²) in [6.07, 6.45) is 3.97.